The van der Waals surface area contributed by atoms with Crippen molar-refractivity contribution >= 4 is 34.5 Å². The molecule has 3 rings (SSSR count). The van der Waals surface area contributed by atoms with Gasteiger partial charge in [-0.25, -0.2) is 5.10 Å². The number of halogens is 2. The second kappa shape index (κ2) is 5.64. The molecule has 0 saturated heterocycles. The summed E-state index contributed by atoms with van der Waals surface area (Å²) in [7, 11) is 0. The van der Waals surface area contributed by atoms with E-state index in [1.807, 2.05) is 31.2 Å². The van der Waals surface area contributed by atoms with Crippen LogP contribution in [0, 0.1) is 6.92 Å². The first kappa shape index (κ1) is 14.3. The van der Waals surface area contributed by atoms with Crippen LogP contribution in [0.4, 0.5) is 0 Å². The van der Waals surface area contributed by atoms with Crippen LogP contribution in [0.5, 0.6) is 0 Å². The molecule has 0 radical (unpaired) electrons. The smallest absolute Gasteiger partial charge is 0.267 e. The molecule has 0 bridgehead atoms. The minimum Gasteiger partial charge on any atom is -0.267 e. The molecule has 21 heavy (non-hydrogen) atoms. The van der Waals surface area contributed by atoms with Gasteiger partial charge in [0.15, 0.2) is 0 Å². The average molecular weight is 337 g/mol. The molecule has 2 heterocycles. The van der Waals surface area contributed by atoms with Crippen molar-refractivity contribution in [1.29, 1.82) is 0 Å². The van der Waals surface area contributed by atoms with Crippen LogP contribution in [0.3, 0.4) is 0 Å². The molecule has 0 aliphatic heterocycles. The summed E-state index contributed by atoms with van der Waals surface area (Å²) in [6.07, 6.45) is 0. The minimum absolute atomic E-state index is 0.270. The van der Waals surface area contributed by atoms with Crippen molar-refractivity contribution in [3.63, 3.8) is 0 Å². The maximum Gasteiger partial charge on any atom is 0.272 e. The predicted molar refractivity (Wildman–Crippen MR) is 88.4 cm³/mol. The van der Waals surface area contributed by atoms with Gasteiger partial charge in [-0.2, -0.15) is 5.10 Å². The van der Waals surface area contributed by atoms with Gasteiger partial charge in [0.25, 0.3) is 5.56 Å². The molecule has 3 aromatic rings. The number of aryl methyl sites for hydroxylation is 1. The van der Waals surface area contributed by atoms with E-state index in [0.29, 0.717) is 20.5 Å². The van der Waals surface area contributed by atoms with E-state index in [0.717, 1.165) is 16.1 Å². The van der Waals surface area contributed by atoms with Gasteiger partial charge in [-0.1, -0.05) is 41.4 Å². The quantitative estimate of drug-likeness (QED) is 0.731. The topological polar surface area (TPSA) is 45.8 Å². The number of thiophene rings is 1. The van der Waals surface area contributed by atoms with E-state index < -0.39 is 0 Å². The van der Waals surface area contributed by atoms with Gasteiger partial charge in [0.05, 0.1) is 15.6 Å². The first-order valence-electron chi connectivity index (χ1n) is 6.18. The van der Waals surface area contributed by atoms with Crippen LogP contribution in [0.25, 0.3) is 21.6 Å². The number of nitrogens with zero attached hydrogens (tertiary/aromatic N) is 1. The third kappa shape index (κ3) is 2.62. The van der Waals surface area contributed by atoms with E-state index in [2.05, 4.69) is 10.2 Å². The van der Waals surface area contributed by atoms with Crippen molar-refractivity contribution in [2.24, 2.45) is 0 Å². The summed E-state index contributed by atoms with van der Waals surface area (Å²) in [5, 5.41) is 7.11. The van der Waals surface area contributed by atoms with E-state index in [4.69, 9.17) is 23.2 Å². The lowest BCUT2D eigenvalue weighted by molar-refractivity contribution is 0.953. The molecule has 0 atom stereocenters. The molecule has 0 amide bonds. The van der Waals surface area contributed by atoms with E-state index in [1.54, 1.807) is 12.1 Å². The highest BCUT2D eigenvalue weighted by molar-refractivity contribution is 7.19. The summed E-state index contributed by atoms with van der Waals surface area (Å²) in [4.78, 5) is 13.2. The molecule has 0 fully saturated rings. The highest BCUT2D eigenvalue weighted by atomic mass is 35.5. The average Bonchev–Trinajstić information content (AvgIpc) is 2.88. The van der Waals surface area contributed by atoms with Gasteiger partial charge < -0.3 is 0 Å². The van der Waals surface area contributed by atoms with Crippen molar-refractivity contribution in [2.45, 2.75) is 6.92 Å². The van der Waals surface area contributed by atoms with Crippen molar-refractivity contribution in [3.8, 4) is 21.6 Å². The highest BCUT2D eigenvalue weighted by Crippen LogP contribution is 2.38. The van der Waals surface area contributed by atoms with Crippen LogP contribution in [-0.2, 0) is 0 Å². The van der Waals surface area contributed by atoms with Crippen molar-refractivity contribution in [2.75, 3.05) is 0 Å². The lowest BCUT2D eigenvalue weighted by atomic mass is 9.99. The standard InChI is InChI=1S/C15H10Cl2N2OS/c1-8-13(11-6-7-12(17)21-11)14(15(20)19-18-8)9-4-2-3-5-10(9)16/h2-7H,1H3,(H,19,20). The lowest BCUT2D eigenvalue weighted by Gasteiger charge is -2.10. The maximum atomic E-state index is 12.3. The maximum absolute atomic E-state index is 12.3. The summed E-state index contributed by atoms with van der Waals surface area (Å²) in [5.41, 5.74) is 2.43. The van der Waals surface area contributed by atoms with E-state index >= 15 is 0 Å². The number of aromatic amines is 1. The molecule has 0 unspecified atom stereocenters. The zero-order valence-electron chi connectivity index (χ0n) is 11.0. The van der Waals surface area contributed by atoms with Gasteiger partial charge in [0.1, 0.15) is 0 Å². The third-order valence-electron chi connectivity index (χ3n) is 3.13. The normalized spacial score (nSPS) is 10.8. The Morgan fingerprint density at radius 1 is 1.10 bits per heavy atom. The molecule has 3 nitrogen and oxygen atoms in total. The molecule has 106 valence electrons. The molecular weight excluding hydrogens is 327 g/mol. The Morgan fingerprint density at radius 2 is 1.86 bits per heavy atom. The largest absolute Gasteiger partial charge is 0.272 e. The van der Waals surface area contributed by atoms with Crippen molar-refractivity contribution < 1.29 is 0 Å². The molecule has 2 aromatic heterocycles. The summed E-state index contributed by atoms with van der Waals surface area (Å²) in [6, 6.07) is 11.0. The van der Waals surface area contributed by atoms with Gasteiger partial charge in [-0.05, 0) is 25.1 Å². The monoisotopic (exact) mass is 336 g/mol. The summed E-state index contributed by atoms with van der Waals surface area (Å²) in [5.74, 6) is 0. The van der Waals surface area contributed by atoms with Crippen LogP contribution in [0.15, 0.2) is 41.2 Å². The van der Waals surface area contributed by atoms with Crippen LogP contribution >= 0.6 is 34.5 Å². The number of hydrogen-bond donors (Lipinski definition) is 1. The molecule has 1 N–H and O–H groups in total. The van der Waals surface area contributed by atoms with Crippen LogP contribution in [0.1, 0.15) is 5.69 Å². The predicted octanol–water partition coefficient (Wildman–Crippen LogP) is 4.78. The fourth-order valence-corrected chi connectivity index (χ4v) is 3.59. The third-order valence-corrected chi connectivity index (χ3v) is 4.71. The zero-order chi connectivity index (χ0) is 15.0. The molecular formula is C15H10Cl2N2OS. The lowest BCUT2D eigenvalue weighted by Crippen LogP contribution is -2.14. The first-order valence-corrected chi connectivity index (χ1v) is 7.75. The Hall–Kier alpha value is -1.62. The van der Waals surface area contributed by atoms with E-state index in [-0.39, 0.29) is 5.56 Å². The number of benzene rings is 1. The summed E-state index contributed by atoms with van der Waals surface area (Å²) >= 11 is 13.7. The summed E-state index contributed by atoms with van der Waals surface area (Å²) in [6.45, 7) is 1.85. The van der Waals surface area contributed by atoms with Crippen molar-refractivity contribution in [1.82, 2.24) is 10.2 Å². The number of hydrogen-bond acceptors (Lipinski definition) is 3. The van der Waals surface area contributed by atoms with Gasteiger partial charge in [0, 0.05) is 21.0 Å². The second-order valence-corrected chi connectivity index (χ2v) is 6.59. The second-order valence-electron chi connectivity index (χ2n) is 4.47. The molecule has 0 aliphatic rings. The molecule has 0 spiro atoms. The zero-order valence-corrected chi connectivity index (χ0v) is 13.3. The number of rotatable bonds is 2. The SMILES string of the molecule is Cc1n[nH]c(=O)c(-c2ccccc2Cl)c1-c1ccc(Cl)s1. The van der Waals surface area contributed by atoms with Crippen molar-refractivity contribution in [3.05, 3.63) is 61.8 Å². The fraction of sp³-hybridized carbons (Fsp3) is 0.0667. The fourth-order valence-electron chi connectivity index (χ4n) is 2.21. The minimum atomic E-state index is -0.270. The van der Waals surface area contributed by atoms with E-state index in [9.17, 15) is 4.79 Å². The van der Waals surface area contributed by atoms with Gasteiger partial charge in [-0.3, -0.25) is 4.79 Å². The van der Waals surface area contributed by atoms with Gasteiger partial charge in [-0.15, -0.1) is 11.3 Å². The molecule has 1 aromatic carbocycles. The Morgan fingerprint density at radius 3 is 2.52 bits per heavy atom. The van der Waals surface area contributed by atoms with Crippen LogP contribution in [0.2, 0.25) is 9.36 Å². The number of nitrogens with one attached hydrogen (secondary N) is 1. The Bertz CT molecular complexity index is 870. The molecule has 0 aliphatic carbocycles. The van der Waals surface area contributed by atoms with Gasteiger partial charge >= 0.3 is 0 Å². The summed E-state index contributed by atoms with van der Waals surface area (Å²) < 4.78 is 0.662. The Labute approximate surface area is 135 Å². The van der Waals surface area contributed by atoms with Gasteiger partial charge in [0.2, 0.25) is 0 Å². The van der Waals surface area contributed by atoms with E-state index in [1.165, 1.54) is 11.3 Å². The number of aromatic nitrogens is 2. The Balaban J connectivity index is 2.38. The Kier molecular flexibility index (Phi) is 3.85. The number of H-pyrrole nitrogens is 1. The van der Waals surface area contributed by atoms with Crippen LogP contribution < -0.4 is 5.56 Å². The van der Waals surface area contributed by atoms with Crippen LogP contribution in [-0.4, -0.2) is 10.2 Å². The molecule has 6 heteroatoms. The first-order chi connectivity index (χ1) is 10.1. The molecule has 0 saturated carbocycles. The highest BCUT2D eigenvalue weighted by Gasteiger charge is 2.18.